The molecule has 9 nitrogen and oxygen atoms in total. The van der Waals surface area contributed by atoms with Crippen LogP contribution >= 0.6 is 24.0 Å². The van der Waals surface area contributed by atoms with Crippen LogP contribution in [0.25, 0.3) is 0 Å². The van der Waals surface area contributed by atoms with Gasteiger partial charge in [-0.05, 0) is 12.8 Å². The fourth-order valence-electron chi connectivity index (χ4n) is 2.36. The molecule has 2 fully saturated rings. The van der Waals surface area contributed by atoms with Gasteiger partial charge in [-0.1, -0.05) is 0 Å². The van der Waals surface area contributed by atoms with Gasteiger partial charge < -0.3 is 25.4 Å². The Morgan fingerprint density at radius 3 is 2.83 bits per heavy atom. The first-order valence-electron chi connectivity index (χ1n) is 7.92. The van der Waals surface area contributed by atoms with Gasteiger partial charge >= 0.3 is 6.03 Å². The van der Waals surface area contributed by atoms with E-state index >= 15 is 0 Å². The Morgan fingerprint density at radius 2 is 2.21 bits per heavy atom. The first-order chi connectivity index (χ1) is 11.2. The fraction of sp³-hybridized carbons (Fsp3) is 0.786. The molecule has 0 bridgehead atoms. The molecule has 0 spiro atoms. The molecule has 2 aliphatic rings. The Balaban J connectivity index is 0.00000288. The van der Waals surface area contributed by atoms with Crippen LogP contribution in [0.1, 0.15) is 12.8 Å². The Kier molecular flexibility index (Phi) is 9.95. The highest BCUT2D eigenvalue weighted by Gasteiger charge is 2.27. The van der Waals surface area contributed by atoms with Crippen LogP contribution in [-0.4, -0.2) is 81.9 Å². The van der Waals surface area contributed by atoms with Gasteiger partial charge in [0.1, 0.15) is 0 Å². The molecule has 3 amide bonds. The second kappa shape index (κ2) is 11.4. The highest BCUT2D eigenvalue weighted by Crippen LogP contribution is 2.07. The van der Waals surface area contributed by atoms with Gasteiger partial charge in [-0.2, -0.15) is 0 Å². The van der Waals surface area contributed by atoms with Crippen molar-refractivity contribution in [2.24, 2.45) is 4.99 Å². The molecule has 24 heavy (non-hydrogen) atoms. The van der Waals surface area contributed by atoms with Crippen molar-refractivity contribution in [3.8, 4) is 0 Å². The maximum Gasteiger partial charge on any atom is 0.324 e. The topological polar surface area (TPSA) is 104 Å². The number of carbonyl (C=O) groups excluding carboxylic acids is 2. The first kappa shape index (κ1) is 20.9. The molecule has 138 valence electrons. The van der Waals surface area contributed by atoms with E-state index in [1.165, 1.54) is 4.90 Å². The second-order valence-corrected chi connectivity index (χ2v) is 5.34. The predicted octanol–water partition coefficient (Wildman–Crippen LogP) is -0.483. The molecule has 0 aromatic rings. The van der Waals surface area contributed by atoms with E-state index in [9.17, 15) is 9.59 Å². The molecular weight excluding hydrogens is 429 g/mol. The van der Waals surface area contributed by atoms with Gasteiger partial charge in [-0.15, -0.1) is 24.0 Å². The zero-order valence-corrected chi connectivity index (χ0v) is 16.2. The van der Waals surface area contributed by atoms with Crippen molar-refractivity contribution in [2.75, 3.05) is 53.0 Å². The van der Waals surface area contributed by atoms with E-state index in [4.69, 9.17) is 9.47 Å². The number of nitrogens with one attached hydrogen (secondary N) is 3. The van der Waals surface area contributed by atoms with E-state index in [2.05, 4.69) is 20.9 Å². The summed E-state index contributed by atoms with van der Waals surface area (Å²) in [6.45, 7) is 3.75. The lowest BCUT2D eigenvalue weighted by Crippen LogP contribution is -2.43. The van der Waals surface area contributed by atoms with Crippen LogP contribution in [0.5, 0.6) is 0 Å². The molecule has 2 saturated heterocycles. The molecule has 0 aromatic heterocycles. The Bertz CT molecular complexity index is 427. The van der Waals surface area contributed by atoms with Crippen LogP contribution in [0.3, 0.4) is 0 Å². The van der Waals surface area contributed by atoms with E-state index in [1.54, 1.807) is 7.05 Å². The van der Waals surface area contributed by atoms with Gasteiger partial charge in [-0.25, -0.2) is 4.79 Å². The molecule has 1 unspecified atom stereocenters. The summed E-state index contributed by atoms with van der Waals surface area (Å²) >= 11 is 0. The minimum atomic E-state index is -0.340. The van der Waals surface area contributed by atoms with Gasteiger partial charge in [0.25, 0.3) is 0 Å². The van der Waals surface area contributed by atoms with Crippen LogP contribution in [0.4, 0.5) is 4.79 Å². The summed E-state index contributed by atoms with van der Waals surface area (Å²) < 4.78 is 10.9. The quantitative estimate of drug-likeness (QED) is 0.150. The zero-order valence-electron chi connectivity index (χ0n) is 13.9. The fourth-order valence-corrected chi connectivity index (χ4v) is 2.36. The Labute approximate surface area is 158 Å². The van der Waals surface area contributed by atoms with Crippen LogP contribution in [0, 0.1) is 0 Å². The number of rotatable bonds is 8. The van der Waals surface area contributed by atoms with E-state index in [0.29, 0.717) is 32.3 Å². The van der Waals surface area contributed by atoms with Gasteiger partial charge in [-0.3, -0.25) is 14.7 Å². The zero-order chi connectivity index (χ0) is 16.5. The van der Waals surface area contributed by atoms with E-state index in [-0.39, 0.29) is 48.6 Å². The summed E-state index contributed by atoms with van der Waals surface area (Å²) in [5, 5.41) is 8.72. The summed E-state index contributed by atoms with van der Waals surface area (Å²) in [4.78, 5) is 28.1. The van der Waals surface area contributed by atoms with Crippen molar-refractivity contribution in [1.29, 1.82) is 0 Å². The number of amides is 3. The highest BCUT2D eigenvalue weighted by atomic mass is 127. The van der Waals surface area contributed by atoms with Crippen molar-refractivity contribution in [1.82, 2.24) is 20.9 Å². The smallest absolute Gasteiger partial charge is 0.324 e. The lowest BCUT2D eigenvalue weighted by atomic mass is 10.3. The number of imide groups is 1. The normalized spacial score (nSPS) is 20.8. The second-order valence-electron chi connectivity index (χ2n) is 5.34. The van der Waals surface area contributed by atoms with Crippen molar-refractivity contribution in [3.05, 3.63) is 0 Å². The van der Waals surface area contributed by atoms with Gasteiger partial charge in [0.2, 0.25) is 5.91 Å². The monoisotopic (exact) mass is 455 g/mol. The molecule has 3 N–H and O–H groups in total. The molecule has 0 aromatic carbocycles. The number of ether oxygens (including phenoxy) is 2. The summed E-state index contributed by atoms with van der Waals surface area (Å²) in [6, 6.07) is -0.340. The number of nitrogens with zero attached hydrogens (tertiary/aromatic N) is 2. The van der Waals surface area contributed by atoms with Gasteiger partial charge in [0.05, 0.1) is 19.3 Å². The van der Waals surface area contributed by atoms with Crippen molar-refractivity contribution < 1.29 is 19.1 Å². The lowest BCUT2D eigenvalue weighted by Gasteiger charge is -2.15. The number of halogens is 1. The standard InChI is InChI=1S/C14H25N5O4.HI/c1-15-13(16-4-2-7-23-11-3-8-22-10-11)17-5-6-19-12(20)9-18-14(19)21;/h11H,2-10H2,1H3,(H,18,21)(H2,15,16,17);1H. The molecule has 2 heterocycles. The number of hydrogen-bond acceptors (Lipinski definition) is 5. The highest BCUT2D eigenvalue weighted by molar-refractivity contribution is 14.0. The maximum atomic E-state index is 11.4. The van der Waals surface area contributed by atoms with Crippen LogP contribution in [-0.2, 0) is 14.3 Å². The molecule has 0 saturated carbocycles. The summed E-state index contributed by atoms with van der Waals surface area (Å²) in [5.74, 6) is 0.439. The minimum Gasteiger partial charge on any atom is -0.379 e. The minimum absolute atomic E-state index is 0. The molecule has 0 aliphatic carbocycles. The number of hydrogen-bond donors (Lipinski definition) is 3. The Hall–Kier alpha value is -1.14. The predicted molar refractivity (Wildman–Crippen MR) is 99.7 cm³/mol. The van der Waals surface area contributed by atoms with Crippen LogP contribution in [0.15, 0.2) is 4.99 Å². The third-order valence-electron chi connectivity index (χ3n) is 3.64. The molecule has 10 heteroatoms. The molecule has 0 radical (unpaired) electrons. The van der Waals surface area contributed by atoms with E-state index in [1.807, 2.05) is 0 Å². The third kappa shape index (κ3) is 6.77. The third-order valence-corrected chi connectivity index (χ3v) is 3.64. The number of urea groups is 1. The van der Waals surface area contributed by atoms with Crippen molar-refractivity contribution in [3.63, 3.8) is 0 Å². The summed E-state index contributed by atoms with van der Waals surface area (Å²) in [5.41, 5.74) is 0. The average Bonchev–Trinajstić information content (AvgIpc) is 3.17. The molecule has 1 atom stereocenters. The van der Waals surface area contributed by atoms with Crippen LogP contribution in [0.2, 0.25) is 0 Å². The average molecular weight is 455 g/mol. The van der Waals surface area contributed by atoms with Crippen LogP contribution < -0.4 is 16.0 Å². The first-order valence-corrected chi connectivity index (χ1v) is 7.92. The number of carbonyl (C=O) groups is 2. The summed E-state index contributed by atoms with van der Waals surface area (Å²) in [6.07, 6.45) is 2.07. The van der Waals surface area contributed by atoms with Gasteiger partial charge in [0, 0.05) is 39.9 Å². The van der Waals surface area contributed by atoms with E-state index in [0.717, 1.165) is 26.0 Å². The van der Waals surface area contributed by atoms with Gasteiger partial charge in [0.15, 0.2) is 5.96 Å². The Morgan fingerprint density at radius 1 is 1.42 bits per heavy atom. The SMILES string of the molecule is CN=C(NCCCOC1CCOC1)NCCN1C(=O)CNC1=O.I. The molecule has 2 rings (SSSR count). The summed E-state index contributed by atoms with van der Waals surface area (Å²) in [7, 11) is 1.68. The maximum absolute atomic E-state index is 11.4. The largest absolute Gasteiger partial charge is 0.379 e. The van der Waals surface area contributed by atoms with Crippen molar-refractivity contribution >= 4 is 41.9 Å². The van der Waals surface area contributed by atoms with Crippen molar-refractivity contribution in [2.45, 2.75) is 18.9 Å². The number of aliphatic imine (C=N–C) groups is 1. The van der Waals surface area contributed by atoms with E-state index < -0.39 is 0 Å². The molecule has 2 aliphatic heterocycles. The molecular formula is C14H26IN5O4. The lowest BCUT2D eigenvalue weighted by molar-refractivity contribution is -0.124. The number of guanidine groups is 1.